The highest BCUT2D eigenvalue weighted by molar-refractivity contribution is 6.01. The number of phenols is 1. The van der Waals surface area contributed by atoms with E-state index in [9.17, 15) is 29.1 Å². The lowest BCUT2D eigenvalue weighted by molar-refractivity contribution is -0.133. The summed E-state index contributed by atoms with van der Waals surface area (Å²) in [6, 6.07) is 26.3. The van der Waals surface area contributed by atoms with Crippen LogP contribution in [0, 0.1) is 0 Å². The normalized spacial score (nSPS) is 18.7. The van der Waals surface area contributed by atoms with Crippen molar-refractivity contribution in [2.45, 2.75) is 50.2 Å². The van der Waals surface area contributed by atoms with Crippen molar-refractivity contribution in [3.63, 3.8) is 0 Å². The number of hydrogen-bond acceptors (Lipinski definition) is 7. The number of nitrogens with one attached hydrogen (secondary N) is 6. The largest absolute Gasteiger partial charge is 0.508 e. The minimum atomic E-state index is -1.32. The van der Waals surface area contributed by atoms with Crippen LogP contribution in [0.2, 0.25) is 0 Å². The van der Waals surface area contributed by atoms with Gasteiger partial charge >= 0.3 is 0 Å². The fraction of sp³-hybridized carbons (Fsp3) is 0.262. The minimum absolute atomic E-state index is 0.0100. The summed E-state index contributed by atoms with van der Waals surface area (Å²) < 4.78 is 5.93. The first kappa shape index (κ1) is 38.1. The van der Waals surface area contributed by atoms with Crippen molar-refractivity contribution in [2.75, 3.05) is 19.7 Å². The Morgan fingerprint density at radius 1 is 0.764 bits per heavy atom. The van der Waals surface area contributed by atoms with Crippen LogP contribution >= 0.6 is 0 Å². The smallest absolute Gasteiger partial charge is 0.255 e. The molecule has 284 valence electrons. The lowest BCUT2D eigenvalue weighted by Gasteiger charge is -2.25. The standard InChI is InChI=1S/C42H44N6O7/c49-30-17-15-28(16-18-30)24-35-42(54)48-34(23-27-9-2-1-3-10-27)40(52)43-20-8-22-55-37-14-7-5-12-32(37)39(51)47-36(25-38(50)46-35)41(53)44-21-19-29-26-45-33-13-6-4-11-31(29)33/h1-7,9-18,26,34-36,45,49H,8,19-25H2,(H,43,52)(H,44,53)(H,46,50)(H,47,51)(H,48,54)/t34-,35-,36-/m0/s1. The second-order valence-corrected chi connectivity index (χ2v) is 13.4. The maximum Gasteiger partial charge on any atom is 0.255 e. The molecular weight excluding hydrogens is 700 g/mol. The van der Waals surface area contributed by atoms with Crippen LogP contribution in [0.3, 0.4) is 0 Å². The molecule has 13 nitrogen and oxygen atoms in total. The maximum absolute atomic E-state index is 14.0. The van der Waals surface area contributed by atoms with Gasteiger partial charge in [-0.15, -0.1) is 0 Å². The van der Waals surface area contributed by atoms with Crippen LogP contribution in [-0.4, -0.2) is 77.4 Å². The first-order chi connectivity index (χ1) is 26.7. The first-order valence-electron chi connectivity index (χ1n) is 18.3. The number of para-hydroxylation sites is 2. The Labute approximate surface area is 318 Å². The Morgan fingerprint density at radius 3 is 2.25 bits per heavy atom. The number of ether oxygens (including phenoxy) is 1. The van der Waals surface area contributed by atoms with Crippen molar-refractivity contribution in [3.05, 3.63) is 132 Å². The fourth-order valence-electron chi connectivity index (χ4n) is 6.44. The fourth-order valence-corrected chi connectivity index (χ4v) is 6.44. The number of carbonyl (C=O) groups is 5. The number of benzene rings is 4. The number of hydrogen-bond donors (Lipinski definition) is 7. The number of phenolic OH excluding ortho intramolecular Hbond substituents is 1. The molecule has 7 N–H and O–H groups in total. The molecule has 3 atom stereocenters. The lowest BCUT2D eigenvalue weighted by atomic mass is 10.0. The summed E-state index contributed by atoms with van der Waals surface area (Å²) in [7, 11) is 0. The molecule has 0 saturated carbocycles. The number of aromatic amines is 1. The number of amides is 5. The van der Waals surface area contributed by atoms with E-state index in [1.54, 1.807) is 36.4 Å². The molecular formula is C42H44N6O7. The maximum atomic E-state index is 14.0. The zero-order valence-corrected chi connectivity index (χ0v) is 30.2. The number of aromatic nitrogens is 1. The molecule has 0 bridgehead atoms. The third-order valence-corrected chi connectivity index (χ3v) is 9.33. The van der Waals surface area contributed by atoms with E-state index in [1.165, 1.54) is 12.1 Å². The summed E-state index contributed by atoms with van der Waals surface area (Å²) in [4.78, 5) is 72.0. The molecule has 2 heterocycles. The van der Waals surface area contributed by atoms with Crippen LogP contribution in [0.25, 0.3) is 10.9 Å². The van der Waals surface area contributed by atoms with Crippen LogP contribution in [-0.2, 0) is 38.4 Å². The van der Waals surface area contributed by atoms with Gasteiger partial charge in [0.2, 0.25) is 23.6 Å². The van der Waals surface area contributed by atoms with Crippen molar-refractivity contribution >= 4 is 40.4 Å². The van der Waals surface area contributed by atoms with Crippen molar-refractivity contribution in [1.29, 1.82) is 0 Å². The van der Waals surface area contributed by atoms with Crippen LogP contribution in [0.1, 0.15) is 39.9 Å². The van der Waals surface area contributed by atoms with Crippen LogP contribution < -0.4 is 31.3 Å². The number of aromatic hydroxyl groups is 1. The monoisotopic (exact) mass is 744 g/mol. The molecule has 1 aliphatic rings. The second kappa shape index (κ2) is 18.4. The predicted octanol–water partition coefficient (Wildman–Crippen LogP) is 3.07. The highest BCUT2D eigenvalue weighted by Gasteiger charge is 2.31. The van der Waals surface area contributed by atoms with Crippen molar-refractivity contribution in [1.82, 2.24) is 31.6 Å². The van der Waals surface area contributed by atoms with Gasteiger partial charge in [0, 0.05) is 43.0 Å². The van der Waals surface area contributed by atoms with E-state index in [1.807, 2.05) is 60.8 Å². The van der Waals surface area contributed by atoms with Gasteiger partial charge in [0.05, 0.1) is 18.6 Å². The Morgan fingerprint density at radius 2 is 1.45 bits per heavy atom. The summed E-state index contributed by atoms with van der Waals surface area (Å²) in [5.74, 6) is -2.64. The first-order valence-corrected chi connectivity index (χ1v) is 18.3. The third-order valence-electron chi connectivity index (χ3n) is 9.33. The molecule has 0 unspecified atom stereocenters. The molecule has 1 aliphatic heterocycles. The van der Waals surface area contributed by atoms with Gasteiger partial charge in [-0.3, -0.25) is 24.0 Å². The van der Waals surface area contributed by atoms with Gasteiger partial charge in [0.25, 0.3) is 5.91 Å². The van der Waals surface area contributed by atoms with Crippen LogP contribution in [0.4, 0.5) is 0 Å². The van der Waals surface area contributed by atoms with Gasteiger partial charge < -0.3 is 41.4 Å². The highest BCUT2D eigenvalue weighted by atomic mass is 16.5. The summed E-state index contributed by atoms with van der Waals surface area (Å²) >= 11 is 0. The van der Waals surface area contributed by atoms with Gasteiger partial charge in [-0.2, -0.15) is 0 Å². The Kier molecular flexibility index (Phi) is 12.8. The van der Waals surface area contributed by atoms with E-state index < -0.39 is 54.1 Å². The van der Waals surface area contributed by atoms with Crippen molar-refractivity contribution < 1.29 is 33.8 Å². The summed E-state index contributed by atoms with van der Waals surface area (Å²) in [6.07, 6.45) is 2.47. The molecule has 0 fully saturated rings. The number of H-pyrrole nitrogens is 1. The molecule has 6 rings (SSSR count). The highest BCUT2D eigenvalue weighted by Crippen LogP contribution is 2.20. The lowest BCUT2D eigenvalue weighted by Crippen LogP contribution is -2.56. The molecule has 5 aromatic rings. The molecule has 4 aromatic carbocycles. The Bertz CT molecular complexity index is 2120. The number of carbonyl (C=O) groups excluding carboxylic acids is 5. The van der Waals surface area contributed by atoms with Crippen molar-refractivity contribution in [3.8, 4) is 11.5 Å². The zero-order valence-electron chi connectivity index (χ0n) is 30.2. The van der Waals surface area contributed by atoms with E-state index in [4.69, 9.17) is 4.74 Å². The van der Waals surface area contributed by atoms with Gasteiger partial charge in [-0.05, 0) is 59.9 Å². The van der Waals surface area contributed by atoms with Gasteiger partial charge in [0.1, 0.15) is 29.6 Å². The predicted molar refractivity (Wildman–Crippen MR) is 206 cm³/mol. The van der Waals surface area contributed by atoms with Gasteiger partial charge in [-0.1, -0.05) is 72.8 Å². The van der Waals surface area contributed by atoms with Crippen molar-refractivity contribution in [2.24, 2.45) is 0 Å². The van der Waals surface area contributed by atoms with Gasteiger partial charge in [0.15, 0.2) is 0 Å². The molecule has 55 heavy (non-hydrogen) atoms. The number of fused-ring (bicyclic) bond motifs is 2. The van der Waals surface area contributed by atoms with E-state index in [0.717, 1.165) is 22.0 Å². The second-order valence-electron chi connectivity index (χ2n) is 13.4. The molecule has 13 heteroatoms. The molecule has 0 saturated heterocycles. The van der Waals surface area contributed by atoms with E-state index in [0.29, 0.717) is 18.4 Å². The number of rotatable bonds is 8. The molecule has 0 radical (unpaired) electrons. The zero-order chi connectivity index (χ0) is 38.6. The SMILES string of the molecule is O=C1C[C@@H](C(=O)NCCc2c[nH]c3ccccc23)NC(=O)c2ccccc2OCCCNC(=O)[C@H](Cc2ccccc2)NC(=O)[C@H](Cc2ccc(O)cc2)N1. The minimum Gasteiger partial charge on any atom is -0.508 e. The molecule has 5 amide bonds. The average molecular weight is 745 g/mol. The molecule has 1 aromatic heterocycles. The topological polar surface area (TPSA) is 191 Å². The average Bonchev–Trinajstić information content (AvgIpc) is 3.60. The Balaban J connectivity index is 1.26. The van der Waals surface area contributed by atoms with Gasteiger partial charge in [-0.25, -0.2) is 0 Å². The van der Waals surface area contributed by atoms with Crippen LogP contribution in [0.15, 0.2) is 109 Å². The third kappa shape index (κ3) is 10.5. The van der Waals surface area contributed by atoms with E-state index in [2.05, 4.69) is 31.6 Å². The van der Waals surface area contributed by atoms with Crippen LogP contribution in [0.5, 0.6) is 11.5 Å². The summed E-state index contributed by atoms with van der Waals surface area (Å²) in [5.41, 5.74) is 3.57. The molecule has 0 aliphatic carbocycles. The molecule has 0 spiro atoms. The van der Waals surface area contributed by atoms with E-state index >= 15 is 0 Å². The Hall–Kier alpha value is -6.63. The van der Waals surface area contributed by atoms with E-state index in [-0.39, 0.29) is 49.6 Å². The summed E-state index contributed by atoms with van der Waals surface area (Å²) in [5, 5.41) is 24.9. The summed E-state index contributed by atoms with van der Waals surface area (Å²) in [6.45, 7) is 0.614. The quantitative estimate of drug-likeness (QED) is 0.127.